The fourth-order valence-corrected chi connectivity index (χ4v) is 3.66. The van der Waals surface area contributed by atoms with E-state index in [1.165, 1.54) is 25.8 Å². The number of aromatic nitrogens is 3. The van der Waals surface area contributed by atoms with E-state index in [-0.39, 0.29) is 12.6 Å². The molecule has 0 spiro atoms. The summed E-state index contributed by atoms with van der Waals surface area (Å²) in [4.78, 5) is 7.29. The minimum Gasteiger partial charge on any atom is -0.394 e. The van der Waals surface area contributed by atoms with Gasteiger partial charge in [0.2, 0.25) is 0 Å². The Morgan fingerprint density at radius 3 is 2.85 bits per heavy atom. The molecule has 3 heterocycles. The van der Waals surface area contributed by atoms with E-state index in [0.29, 0.717) is 6.04 Å². The van der Waals surface area contributed by atoms with E-state index < -0.39 is 0 Å². The Balaban J connectivity index is 1.73. The van der Waals surface area contributed by atoms with Crippen LogP contribution in [0.25, 0.3) is 0 Å². The van der Waals surface area contributed by atoms with Gasteiger partial charge >= 0.3 is 0 Å². The summed E-state index contributed by atoms with van der Waals surface area (Å²) >= 11 is 0. The number of aryl methyl sites for hydroxylation is 1. The van der Waals surface area contributed by atoms with E-state index in [9.17, 15) is 5.11 Å². The van der Waals surface area contributed by atoms with Crippen LogP contribution in [0.1, 0.15) is 56.7 Å². The first-order valence-corrected chi connectivity index (χ1v) is 8.11. The molecule has 2 unspecified atom stereocenters. The second-order valence-corrected chi connectivity index (χ2v) is 6.10. The Morgan fingerprint density at radius 2 is 2.05 bits per heavy atom. The number of hydrogen-bond acceptors (Lipinski definition) is 4. The van der Waals surface area contributed by atoms with Crippen molar-refractivity contribution in [3.05, 3.63) is 11.6 Å². The topological polar surface area (TPSA) is 54.2 Å². The lowest BCUT2D eigenvalue weighted by Crippen LogP contribution is -2.40. The number of aliphatic hydroxyl groups is 1. The van der Waals surface area contributed by atoms with Gasteiger partial charge in [-0.15, -0.1) is 0 Å². The van der Waals surface area contributed by atoms with Gasteiger partial charge in [0.05, 0.1) is 12.6 Å². The molecule has 1 aromatic rings. The lowest BCUT2D eigenvalue weighted by Gasteiger charge is -2.34. The number of nitrogens with zero attached hydrogens (tertiary/aromatic N) is 4. The van der Waals surface area contributed by atoms with Crippen LogP contribution >= 0.6 is 0 Å². The first kappa shape index (κ1) is 14.0. The lowest BCUT2D eigenvalue weighted by atomic mass is 9.99. The average molecular weight is 278 g/mol. The quantitative estimate of drug-likeness (QED) is 0.908. The van der Waals surface area contributed by atoms with Crippen LogP contribution in [-0.2, 0) is 12.8 Å². The molecule has 1 fully saturated rings. The molecule has 0 aliphatic carbocycles. The largest absolute Gasteiger partial charge is 0.394 e. The van der Waals surface area contributed by atoms with Crippen LogP contribution in [0.2, 0.25) is 0 Å². The van der Waals surface area contributed by atoms with Crippen LogP contribution < -0.4 is 0 Å². The molecule has 5 heteroatoms. The van der Waals surface area contributed by atoms with E-state index >= 15 is 0 Å². The maximum Gasteiger partial charge on any atom is 0.152 e. The summed E-state index contributed by atoms with van der Waals surface area (Å²) < 4.78 is 1.98. The molecule has 2 aliphatic heterocycles. The van der Waals surface area contributed by atoms with Crippen molar-refractivity contribution in [3.8, 4) is 0 Å². The molecule has 2 aliphatic rings. The molecule has 0 bridgehead atoms. The van der Waals surface area contributed by atoms with Crippen LogP contribution in [0.5, 0.6) is 0 Å². The van der Waals surface area contributed by atoms with Crippen LogP contribution in [0, 0.1) is 0 Å². The molecule has 1 saturated heterocycles. The molecule has 0 radical (unpaired) electrons. The molecule has 0 aromatic carbocycles. The van der Waals surface area contributed by atoms with Gasteiger partial charge in [-0.05, 0) is 38.8 Å². The molecule has 1 N–H and O–H groups in total. The first-order chi connectivity index (χ1) is 9.81. The second-order valence-electron chi connectivity index (χ2n) is 6.10. The minimum absolute atomic E-state index is 0.147. The molecule has 0 amide bonds. The van der Waals surface area contributed by atoms with Crippen LogP contribution in [0.15, 0.2) is 0 Å². The van der Waals surface area contributed by atoms with Gasteiger partial charge in [-0.2, -0.15) is 5.10 Å². The van der Waals surface area contributed by atoms with Gasteiger partial charge < -0.3 is 10.0 Å². The Kier molecular flexibility index (Phi) is 4.36. The standard InChI is InChI=1S/C15H26N4O/c1-2-18-9-4-3-6-12(18)10-14-16-15-8-5-7-13(11-20)19(15)17-14/h12-13,20H,2-11H2,1H3. The van der Waals surface area contributed by atoms with Gasteiger partial charge in [-0.1, -0.05) is 13.3 Å². The van der Waals surface area contributed by atoms with Crippen LogP contribution in [0.4, 0.5) is 0 Å². The number of aliphatic hydroxyl groups excluding tert-OH is 1. The molecule has 5 nitrogen and oxygen atoms in total. The molecule has 3 rings (SSSR count). The van der Waals surface area contributed by atoms with Crippen molar-refractivity contribution < 1.29 is 5.11 Å². The summed E-state index contributed by atoms with van der Waals surface area (Å²) in [6.07, 6.45) is 8.03. The van der Waals surface area contributed by atoms with E-state index in [1.54, 1.807) is 0 Å². The summed E-state index contributed by atoms with van der Waals surface area (Å²) in [5.74, 6) is 2.05. The zero-order valence-corrected chi connectivity index (χ0v) is 12.5. The Bertz CT molecular complexity index is 445. The summed E-state index contributed by atoms with van der Waals surface area (Å²) in [5.41, 5.74) is 0. The third-order valence-corrected chi connectivity index (χ3v) is 4.81. The second kappa shape index (κ2) is 6.22. The highest BCUT2D eigenvalue weighted by Crippen LogP contribution is 2.24. The summed E-state index contributed by atoms with van der Waals surface area (Å²) in [6, 6.07) is 0.749. The number of likely N-dealkylation sites (N-methyl/N-ethyl adjacent to an activating group) is 1. The zero-order chi connectivity index (χ0) is 13.9. The summed E-state index contributed by atoms with van der Waals surface area (Å²) in [7, 11) is 0. The smallest absolute Gasteiger partial charge is 0.152 e. The number of hydrogen-bond donors (Lipinski definition) is 1. The third kappa shape index (κ3) is 2.74. The fourth-order valence-electron chi connectivity index (χ4n) is 3.66. The highest BCUT2D eigenvalue weighted by Gasteiger charge is 2.26. The monoisotopic (exact) mass is 278 g/mol. The van der Waals surface area contributed by atoms with Gasteiger partial charge in [0.15, 0.2) is 5.82 Å². The van der Waals surface area contributed by atoms with Crippen LogP contribution in [0.3, 0.4) is 0 Å². The van der Waals surface area contributed by atoms with Gasteiger partial charge in [0, 0.05) is 18.9 Å². The molecule has 1 aromatic heterocycles. The molecule has 2 atom stereocenters. The number of rotatable bonds is 4. The van der Waals surface area contributed by atoms with Crippen LogP contribution in [-0.4, -0.2) is 50.5 Å². The SMILES string of the molecule is CCN1CCCCC1Cc1nc2n(n1)C(CO)CCC2. The van der Waals surface area contributed by atoms with Crippen molar-refractivity contribution in [2.75, 3.05) is 19.7 Å². The maximum atomic E-state index is 9.45. The van der Waals surface area contributed by atoms with Gasteiger partial charge in [-0.3, -0.25) is 0 Å². The van der Waals surface area contributed by atoms with Crippen molar-refractivity contribution in [2.24, 2.45) is 0 Å². The molecule has 20 heavy (non-hydrogen) atoms. The molecule has 112 valence electrons. The van der Waals surface area contributed by atoms with E-state index in [4.69, 9.17) is 4.98 Å². The van der Waals surface area contributed by atoms with E-state index in [0.717, 1.165) is 43.9 Å². The zero-order valence-electron chi connectivity index (χ0n) is 12.5. The summed E-state index contributed by atoms with van der Waals surface area (Å²) in [5, 5.41) is 14.1. The lowest BCUT2D eigenvalue weighted by molar-refractivity contribution is 0.153. The average Bonchev–Trinajstić information content (AvgIpc) is 2.90. The van der Waals surface area contributed by atoms with Crippen molar-refractivity contribution in [1.29, 1.82) is 0 Å². The first-order valence-electron chi connectivity index (χ1n) is 8.11. The predicted molar refractivity (Wildman–Crippen MR) is 77.7 cm³/mol. The number of piperidine rings is 1. The fraction of sp³-hybridized carbons (Fsp3) is 0.867. The van der Waals surface area contributed by atoms with Crippen molar-refractivity contribution in [3.63, 3.8) is 0 Å². The Morgan fingerprint density at radius 1 is 1.20 bits per heavy atom. The summed E-state index contributed by atoms with van der Waals surface area (Å²) in [6.45, 7) is 4.76. The van der Waals surface area contributed by atoms with Crippen molar-refractivity contribution >= 4 is 0 Å². The minimum atomic E-state index is 0.147. The third-order valence-electron chi connectivity index (χ3n) is 4.81. The normalized spacial score (nSPS) is 27.5. The van der Waals surface area contributed by atoms with Gasteiger partial charge in [0.25, 0.3) is 0 Å². The van der Waals surface area contributed by atoms with Crippen molar-refractivity contribution in [2.45, 2.75) is 64.0 Å². The number of fused-ring (bicyclic) bond motifs is 1. The van der Waals surface area contributed by atoms with Gasteiger partial charge in [-0.25, -0.2) is 9.67 Å². The highest BCUT2D eigenvalue weighted by atomic mass is 16.3. The Labute approximate surface area is 121 Å². The molecule has 0 saturated carbocycles. The van der Waals surface area contributed by atoms with Gasteiger partial charge in [0.1, 0.15) is 5.82 Å². The van der Waals surface area contributed by atoms with Crippen molar-refractivity contribution in [1.82, 2.24) is 19.7 Å². The number of likely N-dealkylation sites (tertiary alicyclic amines) is 1. The highest BCUT2D eigenvalue weighted by molar-refractivity contribution is 5.00. The molecular formula is C15H26N4O. The van der Waals surface area contributed by atoms with E-state index in [2.05, 4.69) is 16.9 Å². The molecular weight excluding hydrogens is 252 g/mol. The van der Waals surface area contributed by atoms with E-state index in [1.807, 2.05) is 4.68 Å². The predicted octanol–water partition coefficient (Wildman–Crippen LogP) is 1.56. The Hall–Kier alpha value is -0.940. The maximum absolute atomic E-state index is 9.45.